The van der Waals surface area contributed by atoms with Gasteiger partial charge < -0.3 is 11.1 Å². The van der Waals surface area contributed by atoms with Crippen LogP contribution in [0.3, 0.4) is 0 Å². The third kappa shape index (κ3) is 3.15. The van der Waals surface area contributed by atoms with Crippen LogP contribution in [0.15, 0.2) is 42.7 Å². The Hall–Kier alpha value is -1.69. The van der Waals surface area contributed by atoms with Crippen molar-refractivity contribution < 1.29 is 40.9 Å². The van der Waals surface area contributed by atoms with Crippen LogP contribution in [0.1, 0.15) is 23.2 Å². The van der Waals surface area contributed by atoms with Gasteiger partial charge in [0.05, 0.1) is 17.3 Å². The molecule has 0 radical (unpaired) electrons. The number of fused-ring (bicyclic) bond motifs is 1. The van der Waals surface area contributed by atoms with Crippen molar-refractivity contribution in [3.63, 3.8) is 0 Å². The number of carbonyl (C=O) groups is 1. The van der Waals surface area contributed by atoms with Crippen molar-refractivity contribution in [3.8, 4) is 0 Å². The first-order valence-corrected chi connectivity index (χ1v) is 6.24. The monoisotopic (exact) mass is 291 g/mol. The van der Waals surface area contributed by atoms with Crippen molar-refractivity contribution in [2.45, 2.75) is 13.5 Å². The van der Waals surface area contributed by atoms with E-state index in [1.807, 2.05) is 25.1 Å². The third-order valence-corrected chi connectivity index (χ3v) is 3.28. The zero-order chi connectivity index (χ0) is 14.1. The first-order chi connectivity index (χ1) is 9.65. The number of benzene rings is 1. The third-order valence-electron chi connectivity index (χ3n) is 3.28. The quantitative estimate of drug-likeness (QED) is 0.667. The molecule has 1 N–H and O–H groups in total. The molecule has 0 atom stereocenters. The number of aromatic carboxylic acids is 1. The SMILES string of the molecule is Cc1nc2cnccc2n1Cc1ccc(C(=O)O)cc1.[H-].[Na+]. The first kappa shape index (κ1) is 15.7. The van der Waals surface area contributed by atoms with Crippen molar-refractivity contribution >= 4 is 17.0 Å². The summed E-state index contributed by atoms with van der Waals surface area (Å²) in [6.45, 7) is 2.61. The second-order valence-electron chi connectivity index (χ2n) is 4.61. The summed E-state index contributed by atoms with van der Waals surface area (Å²) < 4.78 is 2.09. The second kappa shape index (κ2) is 6.39. The van der Waals surface area contributed by atoms with Gasteiger partial charge >= 0.3 is 35.5 Å². The van der Waals surface area contributed by atoms with Crippen LogP contribution in [-0.2, 0) is 6.54 Å². The Balaban J connectivity index is 0.00000121. The zero-order valence-electron chi connectivity index (χ0n) is 12.9. The molecule has 2 heterocycles. The van der Waals surface area contributed by atoms with E-state index in [9.17, 15) is 4.79 Å². The van der Waals surface area contributed by atoms with Crippen LogP contribution in [0.4, 0.5) is 0 Å². The fourth-order valence-corrected chi connectivity index (χ4v) is 2.24. The summed E-state index contributed by atoms with van der Waals surface area (Å²) in [6.07, 6.45) is 3.49. The summed E-state index contributed by atoms with van der Waals surface area (Å²) in [5, 5.41) is 8.90. The molecule has 6 heteroatoms. The average Bonchev–Trinajstić information content (AvgIpc) is 2.76. The van der Waals surface area contributed by atoms with E-state index in [0.29, 0.717) is 12.1 Å². The molecular weight excluding hydrogens is 277 g/mol. The summed E-state index contributed by atoms with van der Waals surface area (Å²) >= 11 is 0. The first-order valence-electron chi connectivity index (χ1n) is 6.24. The summed E-state index contributed by atoms with van der Waals surface area (Å²) in [5.41, 5.74) is 3.23. The predicted octanol–water partition coefficient (Wildman–Crippen LogP) is -0.397. The van der Waals surface area contributed by atoms with E-state index in [1.54, 1.807) is 24.5 Å². The Kier molecular flexibility index (Phi) is 4.77. The standard InChI is InChI=1S/C15H13N3O2.Na.H/c1-10-17-13-8-16-7-6-14(13)18(10)9-11-2-4-12(5-3-11)15(19)20;;/h2-8H,9H2,1H3,(H,19,20);;/q;+1;-1. The maximum Gasteiger partial charge on any atom is 1.00 e. The van der Waals surface area contributed by atoms with Gasteiger partial charge in [-0.1, -0.05) is 12.1 Å². The molecule has 3 rings (SSSR count). The van der Waals surface area contributed by atoms with Gasteiger partial charge in [0.25, 0.3) is 0 Å². The van der Waals surface area contributed by atoms with Crippen molar-refractivity contribution in [1.29, 1.82) is 0 Å². The minimum atomic E-state index is -0.910. The van der Waals surface area contributed by atoms with Crippen LogP contribution >= 0.6 is 0 Å². The van der Waals surface area contributed by atoms with E-state index in [1.165, 1.54) is 0 Å². The molecule has 2 aromatic heterocycles. The number of pyridine rings is 1. The molecule has 1 aromatic carbocycles. The number of aryl methyl sites for hydroxylation is 1. The van der Waals surface area contributed by atoms with Gasteiger partial charge in [-0.15, -0.1) is 0 Å². The molecule has 0 amide bonds. The molecular formula is C15H14N3NaO2. The van der Waals surface area contributed by atoms with Gasteiger partial charge in [0, 0.05) is 12.7 Å². The largest absolute Gasteiger partial charge is 1.00 e. The van der Waals surface area contributed by atoms with Crippen LogP contribution < -0.4 is 29.6 Å². The van der Waals surface area contributed by atoms with Crippen LogP contribution in [0, 0.1) is 6.92 Å². The Morgan fingerprint density at radius 1 is 1.29 bits per heavy atom. The normalized spacial score (nSPS) is 10.3. The van der Waals surface area contributed by atoms with E-state index in [-0.39, 0.29) is 31.0 Å². The van der Waals surface area contributed by atoms with E-state index in [0.717, 1.165) is 22.4 Å². The molecule has 0 spiro atoms. The molecule has 3 aromatic rings. The summed E-state index contributed by atoms with van der Waals surface area (Å²) in [4.78, 5) is 19.4. The van der Waals surface area contributed by atoms with Gasteiger partial charge in [-0.2, -0.15) is 0 Å². The molecule has 0 aliphatic rings. The van der Waals surface area contributed by atoms with Gasteiger partial charge in [-0.3, -0.25) is 4.98 Å². The molecule has 0 aliphatic heterocycles. The number of imidazole rings is 1. The van der Waals surface area contributed by atoms with E-state index in [4.69, 9.17) is 5.11 Å². The van der Waals surface area contributed by atoms with Crippen molar-refractivity contribution in [2.24, 2.45) is 0 Å². The van der Waals surface area contributed by atoms with Gasteiger partial charge in [0.2, 0.25) is 0 Å². The van der Waals surface area contributed by atoms with Gasteiger partial charge in [0.1, 0.15) is 11.3 Å². The molecule has 0 unspecified atom stereocenters. The average molecular weight is 291 g/mol. The molecule has 21 heavy (non-hydrogen) atoms. The summed E-state index contributed by atoms with van der Waals surface area (Å²) in [7, 11) is 0. The maximum atomic E-state index is 10.8. The van der Waals surface area contributed by atoms with Crippen LogP contribution in [0.2, 0.25) is 0 Å². The number of nitrogens with zero attached hydrogens (tertiary/aromatic N) is 3. The molecule has 0 saturated carbocycles. The van der Waals surface area contributed by atoms with Crippen LogP contribution in [0.25, 0.3) is 11.0 Å². The molecule has 0 aliphatic carbocycles. The second-order valence-corrected chi connectivity index (χ2v) is 4.61. The topological polar surface area (TPSA) is 68.0 Å². The minimum Gasteiger partial charge on any atom is -1.00 e. The maximum absolute atomic E-state index is 10.8. The Morgan fingerprint density at radius 3 is 2.67 bits per heavy atom. The van der Waals surface area contributed by atoms with Crippen molar-refractivity contribution in [1.82, 2.24) is 14.5 Å². The van der Waals surface area contributed by atoms with E-state index >= 15 is 0 Å². The summed E-state index contributed by atoms with van der Waals surface area (Å²) in [6, 6.07) is 8.83. The number of hydrogen-bond acceptors (Lipinski definition) is 3. The zero-order valence-corrected chi connectivity index (χ0v) is 13.9. The molecule has 0 saturated heterocycles. The Labute approximate surface area is 145 Å². The molecule has 0 bridgehead atoms. The summed E-state index contributed by atoms with van der Waals surface area (Å²) in [5.74, 6) is 0.00203. The van der Waals surface area contributed by atoms with Crippen molar-refractivity contribution in [2.75, 3.05) is 0 Å². The number of hydrogen-bond donors (Lipinski definition) is 1. The molecule has 5 nitrogen and oxygen atoms in total. The number of carboxylic acid groups (broad SMARTS) is 1. The number of rotatable bonds is 3. The fourth-order valence-electron chi connectivity index (χ4n) is 2.24. The van der Waals surface area contributed by atoms with E-state index in [2.05, 4.69) is 14.5 Å². The predicted molar refractivity (Wildman–Crippen MR) is 75.9 cm³/mol. The molecule has 102 valence electrons. The van der Waals surface area contributed by atoms with Crippen LogP contribution in [0.5, 0.6) is 0 Å². The Bertz CT molecular complexity index is 787. The molecule has 0 fully saturated rings. The smallest absolute Gasteiger partial charge is 1.00 e. The van der Waals surface area contributed by atoms with Crippen LogP contribution in [-0.4, -0.2) is 25.6 Å². The number of aromatic nitrogens is 3. The fraction of sp³-hybridized carbons (Fsp3) is 0.133. The van der Waals surface area contributed by atoms with Gasteiger partial charge in [-0.25, -0.2) is 9.78 Å². The van der Waals surface area contributed by atoms with Crippen molar-refractivity contribution in [3.05, 3.63) is 59.7 Å². The van der Waals surface area contributed by atoms with E-state index < -0.39 is 5.97 Å². The Morgan fingerprint density at radius 2 is 2.00 bits per heavy atom. The minimum absolute atomic E-state index is 0. The van der Waals surface area contributed by atoms with Gasteiger partial charge in [0.15, 0.2) is 0 Å². The van der Waals surface area contributed by atoms with Gasteiger partial charge in [-0.05, 0) is 30.7 Å². The number of carboxylic acids is 1.